The molecule has 0 fully saturated rings. The molecule has 2 aromatic rings. The molecular weight excluding hydrogens is 333 g/mol. The quantitative estimate of drug-likeness (QED) is 0.499. The van der Waals surface area contributed by atoms with Crippen molar-refractivity contribution in [3.8, 4) is 16.9 Å². The summed E-state index contributed by atoms with van der Waals surface area (Å²) in [5, 5.41) is 18.3. The smallest absolute Gasteiger partial charge is 0.329 e. The summed E-state index contributed by atoms with van der Waals surface area (Å²) in [4.78, 5) is 29.3. The summed E-state index contributed by atoms with van der Waals surface area (Å²) in [6.45, 7) is 0. The maximum atomic E-state index is 11.3. The van der Waals surface area contributed by atoms with Gasteiger partial charge in [-0.25, -0.2) is 0 Å². The van der Waals surface area contributed by atoms with Crippen LogP contribution in [-0.4, -0.2) is 32.0 Å². The van der Waals surface area contributed by atoms with Crippen molar-refractivity contribution in [2.24, 2.45) is 5.73 Å². The van der Waals surface area contributed by atoms with E-state index < -0.39 is 25.8 Å². The van der Waals surface area contributed by atoms with Crippen LogP contribution >= 0.6 is 7.60 Å². The molecule has 0 bridgehead atoms. The van der Waals surface area contributed by atoms with Gasteiger partial charge < -0.3 is 25.7 Å². The van der Waals surface area contributed by atoms with E-state index in [-0.39, 0.29) is 12.2 Å². The van der Waals surface area contributed by atoms with Crippen LogP contribution in [0.3, 0.4) is 0 Å². The summed E-state index contributed by atoms with van der Waals surface area (Å²) in [5.74, 6) is -1.06. The lowest BCUT2D eigenvalue weighted by molar-refractivity contribution is -0.138. The fourth-order valence-corrected chi connectivity index (χ4v) is 3.03. The number of benzene rings is 2. The normalized spacial score (nSPS) is 12.8. The number of carboxylic acid groups (broad SMARTS) is 1. The molecule has 0 radical (unpaired) electrons. The fourth-order valence-electron chi connectivity index (χ4n) is 2.37. The van der Waals surface area contributed by atoms with E-state index in [1.165, 1.54) is 12.1 Å². The van der Waals surface area contributed by atoms with Gasteiger partial charge in [-0.3, -0.25) is 9.36 Å². The van der Waals surface area contributed by atoms with Gasteiger partial charge in [-0.2, -0.15) is 0 Å². The minimum absolute atomic E-state index is 0.0371. The lowest BCUT2D eigenvalue weighted by Crippen LogP contribution is -2.32. The lowest BCUT2D eigenvalue weighted by atomic mass is 9.97. The molecular formula is C16H18NO6P. The average molecular weight is 351 g/mol. The van der Waals surface area contributed by atoms with Gasteiger partial charge in [0.05, 0.1) is 6.16 Å². The zero-order valence-electron chi connectivity index (χ0n) is 12.7. The van der Waals surface area contributed by atoms with Gasteiger partial charge >= 0.3 is 13.6 Å². The molecule has 1 atom stereocenters. The van der Waals surface area contributed by atoms with Crippen LogP contribution in [0.4, 0.5) is 0 Å². The molecule has 2 aromatic carbocycles. The van der Waals surface area contributed by atoms with E-state index in [1.54, 1.807) is 30.3 Å². The van der Waals surface area contributed by atoms with Crippen molar-refractivity contribution >= 4 is 13.6 Å². The summed E-state index contributed by atoms with van der Waals surface area (Å²) >= 11 is 0. The molecule has 0 heterocycles. The van der Waals surface area contributed by atoms with E-state index in [2.05, 4.69) is 0 Å². The van der Waals surface area contributed by atoms with Crippen molar-refractivity contribution in [3.05, 3.63) is 53.6 Å². The summed E-state index contributed by atoms with van der Waals surface area (Å²) in [6, 6.07) is 10.1. The molecule has 0 unspecified atom stereocenters. The minimum Gasteiger partial charge on any atom is -0.508 e. The maximum absolute atomic E-state index is 11.3. The molecule has 0 aliphatic rings. The third-order valence-electron chi connectivity index (χ3n) is 3.41. The number of aliphatic carboxylic acids is 1. The minimum atomic E-state index is -4.27. The highest BCUT2D eigenvalue weighted by Gasteiger charge is 2.18. The lowest BCUT2D eigenvalue weighted by Gasteiger charge is -2.13. The maximum Gasteiger partial charge on any atom is 0.329 e. The van der Waals surface area contributed by atoms with Gasteiger partial charge in [0.15, 0.2) is 0 Å². The van der Waals surface area contributed by atoms with Crippen LogP contribution in [0.2, 0.25) is 0 Å². The fraction of sp³-hybridized carbons (Fsp3) is 0.188. The molecule has 0 amide bonds. The van der Waals surface area contributed by atoms with Gasteiger partial charge in [0.25, 0.3) is 0 Å². The number of phenols is 1. The molecule has 6 N–H and O–H groups in total. The van der Waals surface area contributed by atoms with Gasteiger partial charge in [0, 0.05) is 0 Å². The first-order valence-corrected chi connectivity index (χ1v) is 8.89. The van der Waals surface area contributed by atoms with Gasteiger partial charge in [0.2, 0.25) is 0 Å². The van der Waals surface area contributed by atoms with Gasteiger partial charge in [-0.15, -0.1) is 0 Å². The standard InChI is InChI=1S/C16H18NO6P/c17-15(16(19)20)8-10-5-11(9-24(21,22)23)7-13(6-10)12-1-3-14(18)4-2-12/h1-7,15,18H,8-9,17H2,(H,19,20)(H2,21,22,23)/t15-/m1/s1. The number of carboxylic acids is 1. The Morgan fingerprint density at radius 2 is 1.62 bits per heavy atom. The highest BCUT2D eigenvalue weighted by molar-refractivity contribution is 7.50. The van der Waals surface area contributed by atoms with Crippen LogP contribution in [0.1, 0.15) is 11.1 Å². The van der Waals surface area contributed by atoms with Crippen molar-refractivity contribution < 1.29 is 29.4 Å². The average Bonchev–Trinajstić information content (AvgIpc) is 2.45. The van der Waals surface area contributed by atoms with E-state index >= 15 is 0 Å². The van der Waals surface area contributed by atoms with E-state index in [0.29, 0.717) is 16.7 Å². The third-order valence-corrected chi connectivity index (χ3v) is 4.19. The molecule has 7 nitrogen and oxygen atoms in total. The van der Waals surface area contributed by atoms with E-state index in [9.17, 15) is 24.3 Å². The molecule has 128 valence electrons. The second-order valence-corrected chi connectivity index (χ2v) is 7.20. The Morgan fingerprint density at radius 3 is 2.17 bits per heavy atom. The number of aromatic hydroxyl groups is 1. The van der Waals surface area contributed by atoms with Gasteiger partial charge in [-0.05, 0) is 40.8 Å². The predicted molar refractivity (Wildman–Crippen MR) is 88.6 cm³/mol. The molecule has 8 heteroatoms. The second kappa shape index (κ2) is 7.15. The molecule has 0 aromatic heterocycles. The first-order valence-electron chi connectivity index (χ1n) is 7.09. The molecule has 0 saturated carbocycles. The van der Waals surface area contributed by atoms with Crippen LogP contribution in [0.5, 0.6) is 5.75 Å². The van der Waals surface area contributed by atoms with Crippen LogP contribution in [0.15, 0.2) is 42.5 Å². The number of hydrogen-bond donors (Lipinski definition) is 5. The van der Waals surface area contributed by atoms with Crippen molar-refractivity contribution in [2.75, 3.05) is 0 Å². The van der Waals surface area contributed by atoms with Crippen LogP contribution in [-0.2, 0) is 21.9 Å². The van der Waals surface area contributed by atoms with Gasteiger partial charge in [0.1, 0.15) is 11.8 Å². The molecule has 0 aliphatic carbocycles. The van der Waals surface area contributed by atoms with Crippen molar-refractivity contribution in [2.45, 2.75) is 18.6 Å². The molecule has 0 aliphatic heterocycles. The first-order chi connectivity index (χ1) is 11.1. The number of nitrogens with two attached hydrogens (primary N) is 1. The highest BCUT2D eigenvalue weighted by Crippen LogP contribution is 2.40. The monoisotopic (exact) mass is 351 g/mol. The molecule has 0 spiro atoms. The number of rotatable bonds is 6. The number of hydrogen-bond acceptors (Lipinski definition) is 4. The Balaban J connectivity index is 2.45. The molecule has 2 rings (SSSR count). The van der Waals surface area contributed by atoms with Crippen molar-refractivity contribution in [1.82, 2.24) is 0 Å². The topological polar surface area (TPSA) is 141 Å². The second-order valence-electron chi connectivity index (χ2n) is 5.56. The van der Waals surface area contributed by atoms with Gasteiger partial charge in [-0.1, -0.05) is 30.3 Å². The Kier molecular flexibility index (Phi) is 5.41. The number of carbonyl (C=O) groups is 1. The Labute approximate surface area is 138 Å². The van der Waals surface area contributed by atoms with E-state index in [1.807, 2.05) is 0 Å². The SMILES string of the molecule is N[C@H](Cc1cc(CP(=O)(O)O)cc(-c2ccc(O)cc2)c1)C(=O)O. The summed E-state index contributed by atoms with van der Waals surface area (Å²) in [5.41, 5.74) is 7.90. The first kappa shape index (κ1) is 18.2. The van der Waals surface area contributed by atoms with Crippen molar-refractivity contribution in [3.63, 3.8) is 0 Å². The summed E-state index contributed by atoms with van der Waals surface area (Å²) < 4.78 is 11.3. The van der Waals surface area contributed by atoms with Crippen LogP contribution in [0, 0.1) is 0 Å². The highest BCUT2D eigenvalue weighted by atomic mass is 31.2. The van der Waals surface area contributed by atoms with E-state index in [4.69, 9.17) is 10.8 Å². The van der Waals surface area contributed by atoms with Crippen molar-refractivity contribution in [1.29, 1.82) is 0 Å². The molecule has 24 heavy (non-hydrogen) atoms. The van der Waals surface area contributed by atoms with Crippen LogP contribution in [0.25, 0.3) is 11.1 Å². The summed E-state index contributed by atoms with van der Waals surface area (Å²) in [6.07, 6.45) is -0.413. The Morgan fingerprint density at radius 1 is 1.04 bits per heavy atom. The Hall–Kier alpha value is -2.18. The zero-order valence-corrected chi connectivity index (χ0v) is 13.6. The Bertz CT molecular complexity index is 784. The number of phenolic OH excluding ortho intramolecular Hbond substituents is 1. The predicted octanol–water partition coefficient (Wildman–Crippen LogP) is 1.69. The summed E-state index contributed by atoms with van der Waals surface area (Å²) in [7, 11) is -4.27. The molecule has 0 saturated heterocycles. The third kappa shape index (κ3) is 5.18. The van der Waals surface area contributed by atoms with Crippen LogP contribution < -0.4 is 5.73 Å². The zero-order chi connectivity index (χ0) is 17.9. The largest absolute Gasteiger partial charge is 0.508 e. The van der Waals surface area contributed by atoms with E-state index in [0.717, 1.165) is 5.56 Å².